The number of hydrogen-bond donors (Lipinski definition) is 1. The lowest BCUT2D eigenvalue weighted by Crippen LogP contribution is -2.18. The standard InChI is InChI=1S/C7H7BrFNO2S.C5H8O2/c1-10-13(11,12)7-3-5(8)2-6(9)4-7;1-3-5(6)7-4-2/h2-4,10H,1H3;3H,1,4H2,2H3. The maximum atomic E-state index is 12.8. The van der Waals surface area contributed by atoms with Crippen LogP contribution in [0.2, 0.25) is 0 Å². The number of ether oxygens (including phenoxy) is 1. The van der Waals surface area contributed by atoms with Gasteiger partial charge in [-0.15, -0.1) is 0 Å². The van der Waals surface area contributed by atoms with Crippen molar-refractivity contribution in [3.8, 4) is 0 Å². The molecule has 0 heterocycles. The Morgan fingerprint density at radius 1 is 1.50 bits per heavy atom. The van der Waals surface area contributed by atoms with Crippen LogP contribution in [0, 0.1) is 5.82 Å². The molecule has 20 heavy (non-hydrogen) atoms. The minimum atomic E-state index is -3.56. The van der Waals surface area contributed by atoms with Gasteiger partial charge in [0.25, 0.3) is 0 Å². The second kappa shape index (κ2) is 8.83. The Balaban J connectivity index is 0.000000441. The van der Waals surface area contributed by atoms with E-state index in [9.17, 15) is 17.6 Å². The van der Waals surface area contributed by atoms with Gasteiger partial charge in [0.05, 0.1) is 11.5 Å². The summed E-state index contributed by atoms with van der Waals surface area (Å²) in [5, 5.41) is 0. The lowest BCUT2D eigenvalue weighted by molar-refractivity contribution is -0.137. The maximum absolute atomic E-state index is 12.8. The minimum Gasteiger partial charge on any atom is -0.463 e. The monoisotopic (exact) mass is 367 g/mol. The molecule has 0 bridgehead atoms. The summed E-state index contributed by atoms with van der Waals surface area (Å²) in [5.41, 5.74) is 0. The van der Waals surface area contributed by atoms with Crippen LogP contribution in [0.25, 0.3) is 0 Å². The van der Waals surface area contributed by atoms with Crippen LogP contribution in [0.4, 0.5) is 4.39 Å². The van der Waals surface area contributed by atoms with Crippen LogP contribution in [0.1, 0.15) is 6.92 Å². The number of sulfonamides is 1. The van der Waals surface area contributed by atoms with Crippen molar-refractivity contribution in [2.45, 2.75) is 11.8 Å². The molecule has 0 spiro atoms. The van der Waals surface area contributed by atoms with Crippen LogP contribution in [0.3, 0.4) is 0 Å². The van der Waals surface area contributed by atoms with Crippen molar-refractivity contribution in [3.63, 3.8) is 0 Å². The van der Waals surface area contributed by atoms with Gasteiger partial charge in [-0.2, -0.15) is 0 Å². The summed E-state index contributed by atoms with van der Waals surface area (Å²) in [7, 11) is -2.29. The molecule has 112 valence electrons. The normalized spacial score (nSPS) is 10.2. The third-order valence-corrected chi connectivity index (χ3v) is 3.72. The van der Waals surface area contributed by atoms with Crippen LogP contribution >= 0.6 is 15.9 Å². The molecule has 0 unspecified atom stereocenters. The summed E-state index contributed by atoms with van der Waals surface area (Å²) in [4.78, 5) is 9.98. The Hall–Kier alpha value is -1.25. The van der Waals surface area contributed by atoms with Gasteiger partial charge in [-0.1, -0.05) is 22.5 Å². The molecule has 1 aromatic rings. The van der Waals surface area contributed by atoms with Crippen molar-refractivity contribution in [2.75, 3.05) is 13.7 Å². The lowest BCUT2D eigenvalue weighted by atomic mass is 10.3. The van der Waals surface area contributed by atoms with E-state index in [2.05, 4.69) is 32.0 Å². The van der Waals surface area contributed by atoms with Gasteiger partial charge < -0.3 is 4.74 Å². The average Bonchev–Trinajstić information content (AvgIpc) is 2.38. The molecule has 0 aliphatic heterocycles. The van der Waals surface area contributed by atoms with Crippen molar-refractivity contribution >= 4 is 31.9 Å². The number of rotatable bonds is 4. The van der Waals surface area contributed by atoms with E-state index in [-0.39, 0.29) is 10.9 Å². The highest BCUT2D eigenvalue weighted by atomic mass is 79.9. The van der Waals surface area contributed by atoms with Gasteiger partial charge in [0.1, 0.15) is 5.82 Å². The predicted molar refractivity (Wildman–Crippen MR) is 77.2 cm³/mol. The Morgan fingerprint density at radius 3 is 2.45 bits per heavy atom. The number of benzene rings is 1. The quantitative estimate of drug-likeness (QED) is 0.654. The summed E-state index contributed by atoms with van der Waals surface area (Å²) in [6, 6.07) is 3.47. The summed E-state index contributed by atoms with van der Waals surface area (Å²) < 4.78 is 42.1. The number of hydrogen-bond acceptors (Lipinski definition) is 4. The van der Waals surface area contributed by atoms with E-state index in [0.29, 0.717) is 11.1 Å². The fraction of sp³-hybridized carbons (Fsp3) is 0.250. The van der Waals surface area contributed by atoms with Gasteiger partial charge in [-0.05, 0) is 32.2 Å². The molecular formula is C12H15BrFNO4S. The van der Waals surface area contributed by atoms with Crippen LogP contribution in [0.15, 0.2) is 40.2 Å². The molecule has 0 radical (unpaired) electrons. The third kappa shape index (κ3) is 6.78. The van der Waals surface area contributed by atoms with Gasteiger partial charge in [0.2, 0.25) is 10.0 Å². The van der Waals surface area contributed by atoms with Crippen LogP contribution in [-0.2, 0) is 19.6 Å². The highest BCUT2D eigenvalue weighted by molar-refractivity contribution is 9.10. The third-order valence-electron chi connectivity index (χ3n) is 1.87. The Bertz CT molecular complexity index is 555. The smallest absolute Gasteiger partial charge is 0.330 e. The molecule has 0 fully saturated rings. The summed E-state index contributed by atoms with van der Waals surface area (Å²) in [6.07, 6.45) is 1.14. The Kier molecular flexibility index (Phi) is 8.28. The molecule has 0 saturated carbocycles. The van der Waals surface area contributed by atoms with E-state index in [0.717, 1.165) is 12.1 Å². The van der Waals surface area contributed by atoms with E-state index in [1.54, 1.807) is 6.92 Å². The second-order valence-electron chi connectivity index (χ2n) is 3.27. The topological polar surface area (TPSA) is 72.5 Å². The lowest BCUT2D eigenvalue weighted by Gasteiger charge is -2.02. The zero-order chi connectivity index (χ0) is 15.8. The molecule has 1 rings (SSSR count). The van der Waals surface area contributed by atoms with Crippen molar-refractivity contribution in [1.29, 1.82) is 0 Å². The first kappa shape index (κ1) is 18.8. The first-order valence-corrected chi connectivity index (χ1v) is 7.73. The summed E-state index contributed by atoms with van der Waals surface area (Å²) in [6.45, 7) is 5.38. The van der Waals surface area contributed by atoms with Gasteiger partial charge in [0.15, 0.2) is 0 Å². The molecule has 0 saturated heterocycles. The number of halogens is 2. The molecule has 0 aromatic heterocycles. The fourth-order valence-electron chi connectivity index (χ4n) is 1.00. The zero-order valence-electron chi connectivity index (χ0n) is 11.0. The van der Waals surface area contributed by atoms with E-state index in [4.69, 9.17) is 0 Å². The van der Waals surface area contributed by atoms with Crippen molar-refractivity contribution in [2.24, 2.45) is 0 Å². The first-order valence-electron chi connectivity index (χ1n) is 5.45. The molecular weight excluding hydrogens is 353 g/mol. The number of carbonyl (C=O) groups is 1. The first-order chi connectivity index (χ1) is 9.26. The van der Waals surface area contributed by atoms with E-state index >= 15 is 0 Å². The van der Waals surface area contributed by atoms with Crippen molar-refractivity contribution < 1.29 is 22.3 Å². The molecule has 0 aliphatic rings. The molecule has 0 aliphatic carbocycles. The zero-order valence-corrected chi connectivity index (χ0v) is 13.4. The second-order valence-corrected chi connectivity index (χ2v) is 6.07. The fourth-order valence-corrected chi connectivity index (χ4v) is 2.41. The summed E-state index contributed by atoms with van der Waals surface area (Å²) >= 11 is 3.00. The van der Waals surface area contributed by atoms with Crippen LogP contribution in [-0.4, -0.2) is 28.0 Å². The van der Waals surface area contributed by atoms with Crippen LogP contribution in [0.5, 0.6) is 0 Å². The number of carbonyl (C=O) groups excluding carboxylic acids is 1. The van der Waals surface area contributed by atoms with Crippen LogP contribution < -0.4 is 4.72 Å². The number of nitrogens with one attached hydrogen (secondary N) is 1. The van der Waals surface area contributed by atoms with Gasteiger partial charge in [-0.3, -0.25) is 0 Å². The molecule has 0 amide bonds. The largest absolute Gasteiger partial charge is 0.463 e. The Labute approximate surface area is 126 Å². The highest BCUT2D eigenvalue weighted by Gasteiger charge is 2.12. The van der Waals surface area contributed by atoms with E-state index in [1.807, 2.05) is 0 Å². The Morgan fingerprint density at radius 2 is 2.10 bits per heavy atom. The molecule has 0 atom stereocenters. The van der Waals surface area contributed by atoms with Crippen molar-refractivity contribution in [3.05, 3.63) is 41.1 Å². The average molecular weight is 368 g/mol. The van der Waals surface area contributed by atoms with E-state index < -0.39 is 15.8 Å². The van der Waals surface area contributed by atoms with Gasteiger partial charge in [-0.25, -0.2) is 22.3 Å². The predicted octanol–water partition coefficient (Wildman–Crippen LogP) is 2.23. The van der Waals surface area contributed by atoms with E-state index in [1.165, 1.54) is 19.2 Å². The maximum Gasteiger partial charge on any atom is 0.330 e. The molecule has 8 heteroatoms. The highest BCUT2D eigenvalue weighted by Crippen LogP contribution is 2.18. The number of esters is 1. The summed E-state index contributed by atoms with van der Waals surface area (Å²) in [5.74, 6) is -0.953. The molecule has 1 aromatic carbocycles. The van der Waals surface area contributed by atoms with Gasteiger partial charge in [0, 0.05) is 10.5 Å². The van der Waals surface area contributed by atoms with Crippen molar-refractivity contribution in [1.82, 2.24) is 4.72 Å². The SMILES string of the molecule is C=CC(=O)OCC.CNS(=O)(=O)c1cc(F)cc(Br)c1. The molecule has 5 nitrogen and oxygen atoms in total. The molecule has 1 N–H and O–H groups in total. The van der Waals surface area contributed by atoms with Gasteiger partial charge >= 0.3 is 5.97 Å². The minimum absolute atomic E-state index is 0.0955.